The second kappa shape index (κ2) is 7.90. The summed E-state index contributed by atoms with van der Waals surface area (Å²) in [5.74, 6) is 1.92. The molecule has 0 aliphatic carbocycles. The monoisotopic (exact) mass is 393 g/mol. The molecule has 29 heavy (non-hydrogen) atoms. The summed E-state index contributed by atoms with van der Waals surface area (Å²) in [6.07, 6.45) is 1.69. The fraction of sp³-hybridized carbons (Fsp3) is 0.417. The first-order valence-electron chi connectivity index (χ1n) is 10.3. The Labute approximate surface area is 171 Å². The smallest absolute Gasteiger partial charge is 0.260 e. The van der Waals surface area contributed by atoms with Crippen molar-refractivity contribution in [1.29, 1.82) is 0 Å². The van der Waals surface area contributed by atoms with E-state index in [0.717, 1.165) is 0 Å². The molecule has 0 unspecified atom stereocenters. The van der Waals surface area contributed by atoms with Crippen molar-refractivity contribution in [2.45, 2.75) is 44.6 Å². The van der Waals surface area contributed by atoms with Crippen LogP contribution in [-0.2, 0) is 4.79 Å². The molecule has 5 heteroatoms. The lowest BCUT2D eigenvalue weighted by molar-refractivity contribution is -0.136. The lowest BCUT2D eigenvalue weighted by atomic mass is 9.82. The molecule has 0 N–H and O–H groups in total. The van der Waals surface area contributed by atoms with Gasteiger partial charge in [0.25, 0.3) is 5.91 Å². The van der Waals surface area contributed by atoms with Crippen LogP contribution in [0.3, 0.4) is 0 Å². The number of amides is 1. The van der Waals surface area contributed by atoms with Gasteiger partial charge in [-0.25, -0.2) is 0 Å². The van der Waals surface area contributed by atoms with Crippen molar-refractivity contribution in [3.63, 3.8) is 0 Å². The molecule has 1 spiro atoms. The Bertz CT molecular complexity index is 895. The molecule has 1 fully saturated rings. The Kier molecular flexibility index (Phi) is 5.31. The molecule has 1 saturated heterocycles. The van der Waals surface area contributed by atoms with Crippen molar-refractivity contribution in [3.05, 3.63) is 59.7 Å². The fourth-order valence-electron chi connectivity index (χ4n) is 4.07. The van der Waals surface area contributed by atoms with Crippen LogP contribution in [0.15, 0.2) is 48.5 Å². The highest BCUT2D eigenvalue weighted by Crippen LogP contribution is 2.39. The molecule has 2 aromatic carbocycles. The third-order valence-electron chi connectivity index (χ3n) is 5.93. The lowest BCUT2D eigenvalue weighted by Gasteiger charge is -2.43. The summed E-state index contributed by atoms with van der Waals surface area (Å²) in [5.41, 5.74) is 1.41. The maximum Gasteiger partial charge on any atom is 0.260 e. The van der Waals surface area contributed by atoms with Gasteiger partial charge in [0.1, 0.15) is 17.1 Å². The molecule has 2 aliphatic heterocycles. The molecule has 2 aliphatic rings. The molecule has 0 atom stereocenters. The highest BCUT2D eigenvalue weighted by molar-refractivity contribution is 6.00. The van der Waals surface area contributed by atoms with E-state index in [9.17, 15) is 9.59 Å². The number of para-hydroxylation sites is 1. The number of hydrogen-bond acceptors (Lipinski definition) is 4. The number of hydrogen-bond donors (Lipinski definition) is 0. The van der Waals surface area contributed by atoms with Gasteiger partial charge in [-0.2, -0.15) is 0 Å². The van der Waals surface area contributed by atoms with Gasteiger partial charge in [-0.3, -0.25) is 9.59 Å². The van der Waals surface area contributed by atoms with Crippen LogP contribution in [0.25, 0.3) is 0 Å². The SMILES string of the molecule is CC(C)c1ccc(OCC(=O)N2CCC3(CC2)CC(=O)c2ccccc2O3)cc1. The summed E-state index contributed by atoms with van der Waals surface area (Å²) in [5, 5.41) is 0. The van der Waals surface area contributed by atoms with Crippen molar-refractivity contribution in [2.75, 3.05) is 19.7 Å². The van der Waals surface area contributed by atoms with E-state index in [4.69, 9.17) is 9.47 Å². The summed E-state index contributed by atoms with van der Waals surface area (Å²) >= 11 is 0. The number of likely N-dealkylation sites (tertiary alicyclic amines) is 1. The van der Waals surface area contributed by atoms with Crippen molar-refractivity contribution in [1.82, 2.24) is 4.90 Å². The molecule has 1 amide bonds. The van der Waals surface area contributed by atoms with E-state index >= 15 is 0 Å². The predicted octanol–water partition coefficient (Wildman–Crippen LogP) is 4.22. The standard InChI is InChI=1S/C24H27NO4/c1-17(2)18-7-9-19(10-8-18)28-16-23(27)25-13-11-24(12-14-25)15-21(26)20-5-3-4-6-22(20)29-24/h3-10,17H,11-16H2,1-2H3. The largest absolute Gasteiger partial charge is 0.486 e. The van der Waals surface area contributed by atoms with Crippen molar-refractivity contribution >= 4 is 11.7 Å². The summed E-state index contributed by atoms with van der Waals surface area (Å²) in [6, 6.07) is 15.3. The molecule has 2 heterocycles. The molecular formula is C24H27NO4. The van der Waals surface area contributed by atoms with Crippen LogP contribution in [0, 0.1) is 0 Å². The van der Waals surface area contributed by atoms with Gasteiger partial charge >= 0.3 is 0 Å². The maximum absolute atomic E-state index is 12.6. The normalized spacial score (nSPS) is 17.8. The Morgan fingerprint density at radius 2 is 1.79 bits per heavy atom. The first-order chi connectivity index (χ1) is 14.0. The minimum absolute atomic E-state index is 0.0245. The van der Waals surface area contributed by atoms with E-state index in [1.54, 1.807) is 0 Å². The Morgan fingerprint density at radius 3 is 2.48 bits per heavy atom. The second-order valence-electron chi connectivity index (χ2n) is 8.27. The fourth-order valence-corrected chi connectivity index (χ4v) is 4.07. The summed E-state index contributed by atoms with van der Waals surface area (Å²) in [7, 11) is 0. The Balaban J connectivity index is 1.31. The zero-order chi connectivity index (χ0) is 20.4. The molecule has 0 bridgehead atoms. The minimum Gasteiger partial charge on any atom is -0.486 e. The summed E-state index contributed by atoms with van der Waals surface area (Å²) < 4.78 is 11.9. The molecule has 0 aromatic heterocycles. The number of nitrogens with zero attached hydrogens (tertiary/aromatic N) is 1. The van der Waals surface area contributed by atoms with E-state index in [0.29, 0.717) is 55.3 Å². The van der Waals surface area contributed by atoms with Crippen molar-refractivity contribution in [3.8, 4) is 11.5 Å². The van der Waals surface area contributed by atoms with Crippen LogP contribution in [0.5, 0.6) is 11.5 Å². The number of ether oxygens (including phenoxy) is 2. The number of carbonyl (C=O) groups excluding carboxylic acids is 2. The number of fused-ring (bicyclic) bond motifs is 1. The van der Waals surface area contributed by atoms with Gasteiger partial charge in [-0.15, -0.1) is 0 Å². The van der Waals surface area contributed by atoms with Gasteiger partial charge in [-0.1, -0.05) is 38.1 Å². The quantitative estimate of drug-likeness (QED) is 0.781. The third kappa shape index (κ3) is 4.14. The van der Waals surface area contributed by atoms with Crippen LogP contribution in [0.1, 0.15) is 54.9 Å². The van der Waals surface area contributed by atoms with E-state index in [2.05, 4.69) is 13.8 Å². The van der Waals surface area contributed by atoms with Gasteiger partial charge < -0.3 is 14.4 Å². The number of Topliss-reactive ketones (excluding diaryl/α,β-unsaturated/α-hetero) is 1. The van der Waals surface area contributed by atoms with Gasteiger partial charge in [0, 0.05) is 25.9 Å². The van der Waals surface area contributed by atoms with E-state index < -0.39 is 5.60 Å². The Hall–Kier alpha value is -2.82. The van der Waals surface area contributed by atoms with Crippen LogP contribution in [-0.4, -0.2) is 41.9 Å². The van der Waals surface area contributed by atoms with E-state index in [-0.39, 0.29) is 18.3 Å². The van der Waals surface area contributed by atoms with Crippen molar-refractivity contribution in [2.24, 2.45) is 0 Å². The average molecular weight is 393 g/mol. The number of piperidine rings is 1. The first-order valence-corrected chi connectivity index (χ1v) is 10.3. The molecule has 4 rings (SSSR count). The summed E-state index contributed by atoms with van der Waals surface area (Å²) in [6.45, 7) is 5.46. The van der Waals surface area contributed by atoms with E-state index in [1.807, 2.05) is 53.4 Å². The van der Waals surface area contributed by atoms with E-state index in [1.165, 1.54) is 5.56 Å². The highest BCUT2D eigenvalue weighted by atomic mass is 16.5. The number of rotatable bonds is 4. The van der Waals surface area contributed by atoms with Gasteiger partial charge in [0.15, 0.2) is 12.4 Å². The maximum atomic E-state index is 12.6. The minimum atomic E-state index is -0.490. The van der Waals surface area contributed by atoms with Crippen LogP contribution in [0.2, 0.25) is 0 Å². The van der Waals surface area contributed by atoms with Gasteiger partial charge in [-0.05, 0) is 35.7 Å². The highest BCUT2D eigenvalue weighted by Gasteiger charge is 2.43. The van der Waals surface area contributed by atoms with Gasteiger partial charge in [0.05, 0.1) is 12.0 Å². The van der Waals surface area contributed by atoms with Crippen LogP contribution in [0.4, 0.5) is 0 Å². The zero-order valence-electron chi connectivity index (χ0n) is 17.0. The number of benzene rings is 2. The second-order valence-corrected chi connectivity index (χ2v) is 8.27. The average Bonchev–Trinajstić information content (AvgIpc) is 2.73. The number of ketones is 1. The van der Waals surface area contributed by atoms with Crippen LogP contribution < -0.4 is 9.47 Å². The molecule has 0 saturated carbocycles. The molecule has 152 valence electrons. The van der Waals surface area contributed by atoms with Crippen LogP contribution >= 0.6 is 0 Å². The number of carbonyl (C=O) groups is 2. The molecule has 2 aromatic rings. The molecule has 0 radical (unpaired) electrons. The third-order valence-corrected chi connectivity index (χ3v) is 5.93. The topological polar surface area (TPSA) is 55.8 Å². The van der Waals surface area contributed by atoms with Crippen molar-refractivity contribution < 1.29 is 19.1 Å². The Morgan fingerprint density at radius 1 is 1.10 bits per heavy atom. The van der Waals surface area contributed by atoms with Gasteiger partial charge in [0.2, 0.25) is 0 Å². The molecular weight excluding hydrogens is 366 g/mol. The first kappa shape index (κ1) is 19.5. The summed E-state index contributed by atoms with van der Waals surface area (Å²) in [4.78, 5) is 26.9. The predicted molar refractivity (Wildman–Crippen MR) is 111 cm³/mol. The lowest BCUT2D eigenvalue weighted by Crippen LogP contribution is -2.53. The zero-order valence-corrected chi connectivity index (χ0v) is 17.0. The molecule has 5 nitrogen and oxygen atoms in total.